The van der Waals surface area contributed by atoms with Crippen LogP contribution in [0.15, 0.2) is 24.3 Å². The van der Waals surface area contributed by atoms with Crippen molar-refractivity contribution in [1.82, 2.24) is 0 Å². The lowest BCUT2D eigenvalue weighted by Crippen LogP contribution is -2.22. The van der Waals surface area contributed by atoms with Crippen molar-refractivity contribution in [3.63, 3.8) is 0 Å². The first-order valence-electron chi connectivity index (χ1n) is 9.27. The lowest BCUT2D eigenvalue weighted by Gasteiger charge is -2.27. The fourth-order valence-electron chi connectivity index (χ4n) is 3.03. The normalized spacial score (nSPS) is 13.5. The number of rotatable bonds is 9. The summed E-state index contributed by atoms with van der Waals surface area (Å²) in [5.41, 5.74) is 6.05. The van der Waals surface area contributed by atoms with Gasteiger partial charge in [-0.2, -0.15) is 0 Å². The van der Waals surface area contributed by atoms with Crippen molar-refractivity contribution in [2.45, 2.75) is 59.5 Å². The van der Waals surface area contributed by atoms with Gasteiger partial charge in [0.1, 0.15) is 0 Å². The van der Waals surface area contributed by atoms with Gasteiger partial charge >= 0.3 is 12.2 Å². The van der Waals surface area contributed by atoms with Gasteiger partial charge in [-0.05, 0) is 41.9 Å². The van der Waals surface area contributed by atoms with Crippen LogP contribution >= 0.6 is 0 Å². The number of hydrogen-bond acceptors (Lipinski definition) is 4. The lowest BCUT2D eigenvalue weighted by molar-refractivity contribution is 0.0737. The summed E-state index contributed by atoms with van der Waals surface area (Å²) in [4.78, 5) is 21.9. The lowest BCUT2D eigenvalue weighted by atomic mass is 9.82. The molecule has 0 heterocycles. The number of ether oxygens (including phenoxy) is 1. The third kappa shape index (κ3) is 7.87. The molecule has 0 aliphatic carbocycles. The van der Waals surface area contributed by atoms with E-state index in [9.17, 15) is 14.7 Å². The largest absolute Gasteiger partial charge is 0.420 e. The van der Waals surface area contributed by atoms with Gasteiger partial charge in [0, 0.05) is 5.69 Å². The minimum absolute atomic E-state index is 0.181. The minimum Gasteiger partial charge on any atom is -0.388 e. The summed E-state index contributed by atoms with van der Waals surface area (Å²) in [6.45, 7) is 8.71. The Labute approximate surface area is 156 Å². The summed E-state index contributed by atoms with van der Waals surface area (Å²) < 4.78 is 4.21. The predicted molar refractivity (Wildman–Crippen MR) is 103 cm³/mol. The number of carbonyl (C=O) groups excluding carboxylic acids is 2. The highest BCUT2D eigenvalue weighted by atomic mass is 16.6. The summed E-state index contributed by atoms with van der Waals surface area (Å²) >= 11 is 0. The number of aliphatic hydroxyl groups excluding tert-OH is 1. The third-order valence-electron chi connectivity index (χ3n) is 4.52. The van der Waals surface area contributed by atoms with Gasteiger partial charge in [0.05, 0.1) is 6.10 Å². The number of primary amides is 1. The Hall–Kier alpha value is -2.08. The molecule has 2 unspecified atom stereocenters. The van der Waals surface area contributed by atoms with Gasteiger partial charge in [-0.1, -0.05) is 59.1 Å². The zero-order valence-corrected chi connectivity index (χ0v) is 16.2. The number of nitrogens with one attached hydrogen (secondary N) is 1. The molecule has 0 aromatic heterocycles. The van der Waals surface area contributed by atoms with Crippen LogP contribution in [-0.2, 0) is 4.74 Å². The highest BCUT2D eigenvalue weighted by Gasteiger charge is 2.23. The molecule has 0 fully saturated rings. The molecule has 4 N–H and O–H groups in total. The number of nitrogens with two attached hydrogens (primary N) is 1. The summed E-state index contributed by atoms with van der Waals surface area (Å²) in [6, 6.07) is 6.87. The van der Waals surface area contributed by atoms with Crippen molar-refractivity contribution >= 4 is 17.9 Å². The Morgan fingerprint density at radius 1 is 1.08 bits per heavy atom. The molecule has 0 radical (unpaired) electrons. The standard InChI is InChI=1S/C20H32N2O4/c1-13(2)7-5-6-8-17(14(3)4)18(23)15-9-11-16(12-10-15)22-20(25)26-19(21)24/h9-14,17-18,23H,5-8H2,1-4H3,(H2,21,24)(H,22,25). The maximum absolute atomic E-state index is 11.4. The average Bonchev–Trinajstić information content (AvgIpc) is 2.53. The Morgan fingerprint density at radius 2 is 1.65 bits per heavy atom. The Morgan fingerprint density at radius 3 is 2.15 bits per heavy atom. The molecule has 0 saturated carbocycles. The maximum Gasteiger partial charge on any atom is 0.420 e. The topological polar surface area (TPSA) is 102 Å². The van der Waals surface area contributed by atoms with Crippen molar-refractivity contribution in [3.05, 3.63) is 29.8 Å². The molecule has 1 aromatic rings. The third-order valence-corrected chi connectivity index (χ3v) is 4.52. The van der Waals surface area contributed by atoms with Crippen LogP contribution in [0.5, 0.6) is 0 Å². The molecule has 1 aromatic carbocycles. The van der Waals surface area contributed by atoms with E-state index in [0.29, 0.717) is 17.5 Å². The number of aliphatic hydroxyl groups is 1. The fourth-order valence-corrected chi connectivity index (χ4v) is 3.03. The van der Waals surface area contributed by atoms with Gasteiger partial charge in [0.2, 0.25) is 0 Å². The first-order chi connectivity index (χ1) is 12.2. The molecule has 0 bridgehead atoms. The fraction of sp³-hybridized carbons (Fsp3) is 0.600. The summed E-state index contributed by atoms with van der Waals surface area (Å²) in [5, 5.41) is 13.2. The molecule has 6 heteroatoms. The summed E-state index contributed by atoms with van der Waals surface area (Å²) in [6.07, 6.45) is 1.83. The van der Waals surface area contributed by atoms with E-state index in [0.717, 1.165) is 18.4 Å². The number of amides is 2. The molecule has 146 valence electrons. The van der Waals surface area contributed by atoms with Gasteiger partial charge in [-0.3, -0.25) is 5.32 Å². The summed E-state index contributed by atoms with van der Waals surface area (Å²) in [7, 11) is 0. The Kier molecular flexibility index (Phi) is 9.13. The van der Waals surface area contributed by atoms with Crippen LogP contribution in [0.2, 0.25) is 0 Å². The minimum atomic E-state index is -1.16. The maximum atomic E-state index is 11.4. The van der Waals surface area contributed by atoms with E-state index in [1.54, 1.807) is 24.3 Å². The number of hydrogen-bond donors (Lipinski definition) is 3. The second kappa shape index (κ2) is 10.8. The van der Waals surface area contributed by atoms with Gasteiger partial charge in [-0.25, -0.2) is 9.59 Å². The van der Waals surface area contributed by atoms with E-state index in [1.165, 1.54) is 12.8 Å². The molecule has 0 saturated heterocycles. The number of carbonyl (C=O) groups is 2. The zero-order chi connectivity index (χ0) is 19.7. The molecule has 6 nitrogen and oxygen atoms in total. The number of anilines is 1. The second-order valence-electron chi connectivity index (χ2n) is 7.49. The first kappa shape index (κ1) is 22.0. The predicted octanol–water partition coefficient (Wildman–Crippen LogP) is 4.84. The van der Waals surface area contributed by atoms with Crippen LogP contribution in [0.4, 0.5) is 15.3 Å². The average molecular weight is 364 g/mol. The van der Waals surface area contributed by atoms with Crippen molar-refractivity contribution < 1.29 is 19.4 Å². The molecule has 2 amide bonds. The van der Waals surface area contributed by atoms with Crippen molar-refractivity contribution in [3.8, 4) is 0 Å². The van der Waals surface area contributed by atoms with Gasteiger partial charge in [-0.15, -0.1) is 0 Å². The molecule has 26 heavy (non-hydrogen) atoms. The number of unbranched alkanes of at least 4 members (excludes halogenated alkanes) is 1. The van der Waals surface area contributed by atoms with Crippen LogP contribution in [0.25, 0.3) is 0 Å². The van der Waals surface area contributed by atoms with Crippen LogP contribution < -0.4 is 11.1 Å². The van der Waals surface area contributed by atoms with E-state index < -0.39 is 18.3 Å². The van der Waals surface area contributed by atoms with E-state index in [4.69, 9.17) is 5.73 Å². The Balaban J connectivity index is 2.66. The molecular weight excluding hydrogens is 332 g/mol. The first-order valence-corrected chi connectivity index (χ1v) is 9.27. The smallest absolute Gasteiger partial charge is 0.388 e. The van der Waals surface area contributed by atoms with E-state index in [2.05, 4.69) is 37.7 Å². The van der Waals surface area contributed by atoms with Crippen molar-refractivity contribution in [2.75, 3.05) is 5.32 Å². The second-order valence-corrected chi connectivity index (χ2v) is 7.49. The molecule has 0 aliphatic heterocycles. The molecule has 2 atom stereocenters. The molecule has 0 spiro atoms. The monoisotopic (exact) mass is 364 g/mol. The van der Waals surface area contributed by atoms with Crippen LogP contribution in [0.1, 0.15) is 65.0 Å². The Bertz CT molecular complexity index is 570. The molecule has 1 rings (SSSR count). The van der Waals surface area contributed by atoms with Crippen molar-refractivity contribution in [1.29, 1.82) is 0 Å². The van der Waals surface area contributed by atoms with Crippen LogP contribution in [0, 0.1) is 17.8 Å². The highest BCUT2D eigenvalue weighted by Crippen LogP contribution is 2.33. The molecular formula is C20H32N2O4. The van der Waals surface area contributed by atoms with E-state index in [1.807, 2.05) is 0 Å². The van der Waals surface area contributed by atoms with Gasteiger partial charge < -0.3 is 15.6 Å². The quantitative estimate of drug-likeness (QED) is 0.431. The highest BCUT2D eigenvalue weighted by molar-refractivity contribution is 5.91. The van der Waals surface area contributed by atoms with E-state index >= 15 is 0 Å². The van der Waals surface area contributed by atoms with E-state index in [-0.39, 0.29) is 5.92 Å². The number of benzene rings is 1. The molecule has 0 aliphatic rings. The zero-order valence-electron chi connectivity index (χ0n) is 16.2. The van der Waals surface area contributed by atoms with Gasteiger partial charge in [0.25, 0.3) is 0 Å². The van der Waals surface area contributed by atoms with Crippen molar-refractivity contribution in [2.24, 2.45) is 23.5 Å². The van der Waals surface area contributed by atoms with Crippen LogP contribution in [-0.4, -0.2) is 17.3 Å². The van der Waals surface area contributed by atoms with Crippen LogP contribution in [0.3, 0.4) is 0 Å². The summed E-state index contributed by atoms with van der Waals surface area (Å²) in [5.74, 6) is 1.26. The SMILES string of the molecule is CC(C)CCCCC(C(C)C)C(O)c1ccc(NC(=O)OC(N)=O)cc1. The van der Waals surface area contributed by atoms with Gasteiger partial charge in [0.15, 0.2) is 0 Å².